The Bertz CT molecular complexity index is 1210. The SMILES string of the molecule is Cc1ccccc1N1C(=O)[C@@H]2[C@H](C1=O)[C@H]1C=C[C@H]2C1=C(c1ccccc1)c1ccccc1. The summed E-state index contributed by atoms with van der Waals surface area (Å²) in [5.41, 5.74) is 6.28. The minimum Gasteiger partial charge on any atom is -0.274 e. The molecule has 6 rings (SSSR count). The van der Waals surface area contributed by atoms with Crippen molar-refractivity contribution in [2.24, 2.45) is 23.7 Å². The smallest absolute Gasteiger partial charge is 0.238 e. The predicted molar refractivity (Wildman–Crippen MR) is 126 cm³/mol. The molecule has 1 saturated heterocycles. The van der Waals surface area contributed by atoms with Crippen LogP contribution in [0.5, 0.6) is 0 Å². The van der Waals surface area contributed by atoms with E-state index in [0.717, 1.165) is 22.3 Å². The molecule has 156 valence electrons. The van der Waals surface area contributed by atoms with Crippen molar-refractivity contribution in [3.8, 4) is 0 Å². The average molecular weight is 418 g/mol. The molecule has 0 spiro atoms. The zero-order chi connectivity index (χ0) is 21.8. The van der Waals surface area contributed by atoms with E-state index in [1.165, 1.54) is 10.5 Å². The summed E-state index contributed by atoms with van der Waals surface area (Å²) in [5.74, 6) is -0.880. The minimum atomic E-state index is -0.325. The van der Waals surface area contributed by atoms with Crippen molar-refractivity contribution in [2.45, 2.75) is 6.92 Å². The summed E-state index contributed by atoms with van der Waals surface area (Å²) >= 11 is 0. The summed E-state index contributed by atoms with van der Waals surface area (Å²) in [4.78, 5) is 28.7. The molecule has 0 unspecified atom stereocenters. The lowest BCUT2D eigenvalue weighted by Gasteiger charge is -2.22. The number of anilines is 1. The lowest BCUT2D eigenvalue weighted by Crippen LogP contribution is -2.33. The van der Waals surface area contributed by atoms with E-state index in [-0.39, 0.29) is 35.5 Å². The summed E-state index contributed by atoms with van der Waals surface area (Å²) < 4.78 is 0. The van der Waals surface area contributed by atoms with Crippen LogP contribution in [0.25, 0.3) is 5.57 Å². The third kappa shape index (κ3) is 2.61. The molecule has 3 aromatic carbocycles. The minimum absolute atomic E-state index is 0.0501. The Morgan fingerprint density at radius 3 is 1.62 bits per heavy atom. The highest BCUT2D eigenvalue weighted by atomic mass is 16.2. The zero-order valence-corrected chi connectivity index (χ0v) is 17.8. The van der Waals surface area contributed by atoms with Crippen LogP contribution >= 0.6 is 0 Å². The highest BCUT2D eigenvalue weighted by Crippen LogP contribution is 2.59. The molecule has 0 N–H and O–H groups in total. The monoisotopic (exact) mass is 417 g/mol. The van der Waals surface area contributed by atoms with Crippen molar-refractivity contribution in [3.05, 3.63) is 119 Å². The second kappa shape index (κ2) is 7.16. The first-order valence-corrected chi connectivity index (χ1v) is 11.1. The third-order valence-electron chi connectivity index (χ3n) is 7.19. The number of allylic oxidation sites excluding steroid dienone is 3. The van der Waals surface area contributed by atoms with Gasteiger partial charge in [0, 0.05) is 11.8 Å². The molecule has 2 fully saturated rings. The Balaban J connectivity index is 1.50. The van der Waals surface area contributed by atoms with Gasteiger partial charge in [0.1, 0.15) is 0 Å². The molecule has 0 radical (unpaired) electrons. The molecule has 3 aromatic rings. The molecule has 2 amide bonds. The number of hydrogen-bond donors (Lipinski definition) is 0. The first-order valence-electron chi connectivity index (χ1n) is 11.1. The molecule has 32 heavy (non-hydrogen) atoms. The Morgan fingerprint density at radius 1 is 0.656 bits per heavy atom. The van der Waals surface area contributed by atoms with Gasteiger partial charge in [-0.15, -0.1) is 0 Å². The Labute approximate surface area is 187 Å². The number of benzene rings is 3. The Kier molecular flexibility index (Phi) is 4.25. The second-order valence-electron chi connectivity index (χ2n) is 8.85. The lowest BCUT2D eigenvalue weighted by molar-refractivity contribution is -0.122. The largest absolute Gasteiger partial charge is 0.274 e. The molecule has 4 atom stereocenters. The number of rotatable bonds is 3. The second-order valence-corrected chi connectivity index (χ2v) is 8.85. The standard InChI is InChI=1S/C29H23NO2/c1-18-10-8-9-15-23(18)30-28(31)26-21-16-17-22(27(26)29(30)32)25(21)24(19-11-4-2-5-12-19)20-13-6-3-7-14-20/h2-17,21-22,26-27H,1H3/t21-,22-,26-,27+/m0/s1. The fourth-order valence-electron chi connectivity index (χ4n) is 5.86. The van der Waals surface area contributed by atoms with Gasteiger partial charge in [-0.3, -0.25) is 9.59 Å². The van der Waals surface area contributed by atoms with Crippen molar-refractivity contribution in [2.75, 3.05) is 4.90 Å². The number of imide groups is 1. The number of fused-ring (bicyclic) bond motifs is 5. The maximum atomic E-state index is 13.6. The van der Waals surface area contributed by atoms with E-state index in [4.69, 9.17) is 0 Å². The number of carbonyl (C=O) groups is 2. The summed E-state index contributed by atoms with van der Waals surface area (Å²) in [5, 5.41) is 0. The summed E-state index contributed by atoms with van der Waals surface area (Å²) in [6.45, 7) is 1.95. The zero-order valence-electron chi connectivity index (χ0n) is 17.8. The molecular weight excluding hydrogens is 394 g/mol. The Hall–Kier alpha value is -3.72. The van der Waals surface area contributed by atoms with Crippen LogP contribution in [0.15, 0.2) is 103 Å². The van der Waals surface area contributed by atoms with Crippen LogP contribution in [0.4, 0.5) is 5.69 Å². The van der Waals surface area contributed by atoms with Gasteiger partial charge in [-0.05, 0) is 40.8 Å². The number of para-hydroxylation sites is 1. The number of hydrogen-bond acceptors (Lipinski definition) is 2. The fourth-order valence-corrected chi connectivity index (χ4v) is 5.86. The average Bonchev–Trinajstić information content (AvgIpc) is 3.46. The van der Waals surface area contributed by atoms with Crippen LogP contribution in [-0.2, 0) is 9.59 Å². The van der Waals surface area contributed by atoms with Crippen LogP contribution < -0.4 is 4.90 Å². The third-order valence-corrected chi connectivity index (χ3v) is 7.19. The van der Waals surface area contributed by atoms with E-state index >= 15 is 0 Å². The predicted octanol–water partition coefficient (Wildman–Crippen LogP) is 5.42. The first-order chi connectivity index (χ1) is 15.7. The number of nitrogens with zero attached hydrogens (tertiary/aromatic N) is 1. The highest BCUT2D eigenvalue weighted by molar-refractivity contribution is 6.23. The Morgan fingerprint density at radius 2 is 1.12 bits per heavy atom. The summed E-state index contributed by atoms with van der Waals surface area (Å²) in [6, 6.07) is 28.3. The maximum absolute atomic E-state index is 13.6. The molecule has 3 heteroatoms. The quantitative estimate of drug-likeness (QED) is 0.422. The topological polar surface area (TPSA) is 37.4 Å². The number of amides is 2. The molecule has 1 saturated carbocycles. The molecule has 1 aliphatic heterocycles. The van der Waals surface area contributed by atoms with Gasteiger partial charge >= 0.3 is 0 Å². The summed E-state index contributed by atoms with van der Waals surface area (Å²) in [7, 11) is 0. The van der Waals surface area contributed by atoms with E-state index in [1.807, 2.05) is 67.6 Å². The van der Waals surface area contributed by atoms with E-state index in [2.05, 4.69) is 36.4 Å². The molecule has 3 aliphatic rings. The van der Waals surface area contributed by atoms with Crippen LogP contribution in [0.2, 0.25) is 0 Å². The molecule has 3 nitrogen and oxygen atoms in total. The van der Waals surface area contributed by atoms with Gasteiger partial charge in [-0.2, -0.15) is 0 Å². The van der Waals surface area contributed by atoms with Crippen molar-refractivity contribution >= 4 is 23.1 Å². The van der Waals surface area contributed by atoms with Crippen molar-refractivity contribution < 1.29 is 9.59 Å². The van der Waals surface area contributed by atoms with Gasteiger partial charge in [0.2, 0.25) is 11.8 Å². The van der Waals surface area contributed by atoms with Gasteiger partial charge in [0.05, 0.1) is 17.5 Å². The highest BCUT2D eigenvalue weighted by Gasteiger charge is 2.62. The number of carbonyl (C=O) groups excluding carboxylic acids is 2. The van der Waals surface area contributed by atoms with Gasteiger partial charge in [0.25, 0.3) is 0 Å². The van der Waals surface area contributed by atoms with E-state index in [9.17, 15) is 9.59 Å². The van der Waals surface area contributed by atoms with Crippen LogP contribution in [0.1, 0.15) is 16.7 Å². The van der Waals surface area contributed by atoms with Crippen LogP contribution in [0, 0.1) is 30.6 Å². The van der Waals surface area contributed by atoms with E-state index < -0.39 is 0 Å². The normalized spacial score (nSPS) is 25.5. The molecular formula is C29H23NO2. The van der Waals surface area contributed by atoms with Gasteiger partial charge in [-0.1, -0.05) is 91.0 Å². The van der Waals surface area contributed by atoms with Crippen molar-refractivity contribution in [1.82, 2.24) is 0 Å². The molecule has 2 bridgehead atoms. The molecule has 0 aromatic heterocycles. The van der Waals surface area contributed by atoms with Gasteiger partial charge in [-0.25, -0.2) is 4.90 Å². The first kappa shape index (κ1) is 19.0. The van der Waals surface area contributed by atoms with E-state index in [1.54, 1.807) is 0 Å². The van der Waals surface area contributed by atoms with Crippen LogP contribution in [0.3, 0.4) is 0 Å². The molecule has 1 heterocycles. The summed E-state index contributed by atoms with van der Waals surface area (Å²) in [6.07, 6.45) is 4.30. The van der Waals surface area contributed by atoms with Crippen LogP contribution in [-0.4, -0.2) is 11.8 Å². The van der Waals surface area contributed by atoms with Gasteiger partial charge < -0.3 is 0 Å². The van der Waals surface area contributed by atoms with E-state index in [0.29, 0.717) is 5.69 Å². The van der Waals surface area contributed by atoms with Crippen molar-refractivity contribution in [3.63, 3.8) is 0 Å². The number of aryl methyl sites for hydroxylation is 1. The van der Waals surface area contributed by atoms with Gasteiger partial charge in [0.15, 0.2) is 0 Å². The maximum Gasteiger partial charge on any atom is 0.238 e. The van der Waals surface area contributed by atoms with Crippen molar-refractivity contribution in [1.29, 1.82) is 0 Å². The molecule has 2 aliphatic carbocycles. The fraction of sp³-hybridized carbons (Fsp3) is 0.172. The lowest BCUT2D eigenvalue weighted by atomic mass is 9.85.